The Morgan fingerprint density at radius 3 is 2.68 bits per heavy atom. The molecule has 1 fully saturated rings. The molecule has 9 heteroatoms. The smallest absolute Gasteiger partial charge is 0.418 e. The average molecular weight is 433 g/mol. The molecule has 31 heavy (non-hydrogen) atoms. The number of hydrogen-bond acceptors (Lipinski definition) is 5. The van der Waals surface area contributed by atoms with E-state index in [1.807, 2.05) is 4.90 Å². The molecule has 164 valence electrons. The van der Waals surface area contributed by atoms with Crippen molar-refractivity contribution >= 4 is 22.9 Å². The zero-order valence-electron chi connectivity index (χ0n) is 17.0. The quantitative estimate of drug-likeness (QED) is 0.725. The molecular weight excluding hydrogens is 411 g/mol. The number of Topliss-reactive ketones (excluding diaryl/α,β-unsaturated/α-hetero) is 1. The van der Waals surface area contributed by atoms with E-state index in [1.165, 1.54) is 18.2 Å². The molecule has 1 unspecified atom stereocenters. The highest BCUT2D eigenvalue weighted by Crippen LogP contribution is 2.41. The minimum atomic E-state index is -4.85. The van der Waals surface area contributed by atoms with E-state index >= 15 is 0 Å². The van der Waals surface area contributed by atoms with E-state index in [0.29, 0.717) is 31.7 Å². The minimum absolute atomic E-state index is 0.0311. The molecule has 1 saturated heterocycles. The van der Waals surface area contributed by atoms with Crippen LogP contribution in [0.2, 0.25) is 0 Å². The fraction of sp³-hybridized carbons (Fsp3) is 0.500. The van der Waals surface area contributed by atoms with Crippen LogP contribution in [0.15, 0.2) is 34.3 Å². The number of ketones is 1. The van der Waals surface area contributed by atoms with Gasteiger partial charge in [-0.3, -0.25) is 9.79 Å². The summed E-state index contributed by atoms with van der Waals surface area (Å²) in [4.78, 5) is 21.8. The molecule has 6 nitrogen and oxygen atoms in total. The Kier molecular flexibility index (Phi) is 5.30. The topological polar surface area (TPSA) is 66.5 Å². The van der Waals surface area contributed by atoms with Gasteiger partial charge in [0.1, 0.15) is 11.5 Å². The van der Waals surface area contributed by atoms with Gasteiger partial charge >= 0.3 is 6.36 Å². The molecule has 1 aromatic rings. The molecule has 0 aromatic heterocycles. The SMILES string of the molecule is [C-]#[N+]c1cc(N2CCC(C3=NCC4=C3C(C)(O)CC(=O)C4)CC2)ccc1OC(F)(F)F. The van der Waals surface area contributed by atoms with Gasteiger partial charge in [-0.25, -0.2) is 4.85 Å². The molecule has 1 atom stereocenters. The molecule has 0 amide bonds. The molecule has 2 aliphatic heterocycles. The predicted octanol–water partition coefficient (Wildman–Crippen LogP) is 4.22. The molecule has 3 aliphatic rings. The Bertz CT molecular complexity index is 1010. The normalized spacial score (nSPS) is 24.7. The van der Waals surface area contributed by atoms with Gasteiger partial charge in [-0.15, -0.1) is 13.2 Å². The van der Waals surface area contributed by atoms with Crippen LogP contribution < -0.4 is 9.64 Å². The van der Waals surface area contributed by atoms with E-state index in [9.17, 15) is 23.1 Å². The van der Waals surface area contributed by atoms with E-state index in [0.717, 1.165) is 29.7 Å². The summed E-state index contributed by atoms with van der Waals surface area (Å²) in [5.74, 6) is -0.324. The van der Waals surface area contributed by atoms with Crippen molar-refractivity contribution in [2.45, 2.75) is 44.6 Å². The number of halogens is 3. The largest absolute Gasteiger partial charge is 0.571 e. The first kappa shape index (κ1) is 21.4. The number of anilines is 1. The van der Waals surface area contributed by atoms with Crippen molar-refractivity contribution in [2.24, 2.45) is 10.9 Å². The van der Waals surface area contributed by atoms with Crippen LogP contribution in [0.1, 0.15) is 32.6 Å². The first-order valence-corrected chi connectivity index (χ1v) is 10.1. The van der Waals surface area contributed by atoms with Crippen molar-refractivity contribution in [2.75, 3.05) is 24.5 Å². The molecular formula is C22H22F3N3O3. The van der Waals surface area contributed by atoms with E-state index in [1.54, 1.807) is 6.92 Å². The molecule has 0 spiro atoms. The van der Waals surface area contributed by atoms with E-state index in [2.05, 4.69) is 14.6 Å². The summed E-state index contributed by atoms with van der Waals surface area (Å²) < 4.78 is 41.5. The molecule has 1 aliphatic carbocycles. The number of rotatable bonds is 3. The third-order valence-electron chi connectivity index (χ3n) is 6.08. The fourth-order valence-corrected chi connectivity index (χ4v) is 4.84. The maximum absolute atomic E-state index is 12.5. The van der Waals surface area contributed by atoms with Gasteiger partial charge in [-0.2, -0.15) is 0 Å². The molecule has 1 aromatic carbocycles. The maximum atomic E-state index is 12.5. The lowest BCUT2D eigenvalue weighted by Gasteiger charge is -2.37. The van der Waals surface area contributed by atoms with Gasteiger partial charge in [0.15, 0.2) is 0 Å². The zero-order chi connectivity index (χ0) is 22.4. The summed E-state index contributed by atoms with van der Waals surface area (Å²) in [5.41, 5.74) is 1.94. The Hall–Kier alpha value is -2.86. The van der Waals surface area contributed by atoms with Gasteiger partial charge in [-0.05, 0) is 43.5 Å². The number of aliphatic imine (C=N–C) groups is 1. The summed E-state index contributed by atoms with van der Waals surface area (Å²) in [7, 11) is 0. The molecule has 2 heterocycles. The third kappa shape index (κ3) is 4.30. The van der Waals surface area contributed by atoms with Crippen molar-refractivity contribution in [3.8, 4) is 5.75 Å². The molecule has 1 N–H and O–H groups in total. The van der Waals surface area contributed by atoms with Crippen LogP contribution in [0.3, 0.4) is 0 Å². The number of ether oxygens (including phenoxy) is 1. The second-order valence-electron chi connectivity index (χ2n) is 8.42. The van der Waals surface area contributed by atoms with Gasteiger partial charge < -0.3 is 14.7 Å². The van der Waals surface area contributed by atoms with Crippen molar-refractivity contribution in [1.29, 1.82) is 0 Å². The van der Waals surface area contributed by atoms with Crippen molar-refractivity contribution in [3.05, 3.63) is 40.8 Å². The first-order valence-electron chi connectivity index (χ1n) is 10.1. The van der Waals surface area contributed by atoms with Gasteiger partial charge in [0.05, 0.1) is 18.7 Å². The highest BCUT2D eigenvalue weighted by Gasteiger charge is 2.43. The number of carbonyl (C=O) groups is 1. The number of benzene rings is 1. The van der Waals surface area contributed by atoms with Gasteiger partial charge in [-0.1, -0.05) is 0 Å². The van der Waals surface area contributed by atoms with Gasteiger partial charge in [0.25, 0.3) is 0 Å². The van der Waals surface area contributed by atoms with Gasteiger partial charge in [0.2, 0.25) is 5.69 Å². The van der Waals surface area contributed by atoms with Crippen LogP contribution in [-0.4, -0.2) is 48.2 Å². The third-order valence-corrected chi connectivity index (χ3v) is 6.08. The summed E-state index contributed by atoms with van der Waals surface area (Å²) in [6.45, 7) is 10.6. The number of nitrogens with zero attached hydrogens (tertiary/aromatic N) is 3. The molecule has 0 radical (unpaired) electrons. The Balaban J connectivity index is 1.46. The summed E-state index contributed by atoms with van der Waals surface area (Å²) in [6, 6.07) is 4.12. The Morgan fingerprint density at radius 2 is 2.03 bits per heavy atom. The first-order chi connectivity index (χ1) is 14.6. The lowest BCUT2D eigenvalue weighted by molar-refractivity contribution is -0.274. The summed E-state index contributed by atoms with van der Waals surface area (Å²) >= 11 is 0. The van der Waals surface area contributed by atoms with Crippen molar-refractivity contribution in [1.82, 2.24) is 0 Å². The van der Waals surface area contributed by atoms with Crippen LogP contribution >= 0.6 is 0 Å². The molecule has 0 bridgehead atoms. The Morgan fingerprint density at radius 1 is 1.32 bits per heavy atom. The predicted molar refractivity (Wildman–Crippen MR) is 109 cm³/mol. The number of hydrogen-bond donors (Lipinski definition) is 1. The minimum Gasteiger partial charge on any atom is -0.418 e. The number of alkyl halides is 3. The van der Waals surface area contributed by atoms with Crippen LogP contribution in [0.4, 0.5) is 24.5 Å². The van der Waals surface area contributed by atoms with Crippen LogP contribution in [0.5, 0.6) is 5.75 Å². The highest BCUT2D eigenvalue weighted by molar-refractivity contribution is 6.08. The standard InChI is InChI=1S/C22H22F3N3O3/c1-21(30)11-16(29)9-14-12-27-20(19(14)21)13-5-7-28(8-6-13)15-3-4-18(17(10-15)26-2)31-22(23,24)25/h3-4,10,13,30H,5-9,11-12H2,1H3. The van der Waals surface area contributed by atoms with E-state index in [-0.39, 0.29) is 23.8 Å². The average Bonchev–Trinajstić information content (AvgIpc) is 3.11. The second kappa shape index (κ2) is 7.68. The van der Waals surface area contributed by atoms with Crippen molar-refractivity contribution < 1.29 is 27.8 Å². The number of aliphatic hydroxyl groups is 1. The summed E-state index contributed by atoms with van der Waals surface area (Å²) in [5, 5.41) is 10.8. The van der Waals surface area contributed by atoms with Crippen LogP contribution in [0, 0.1) is 12.5 Å². The maximum Gasteiger partial charge on any atom is 0.571 e. The molecule has 0 saturated carbocycles. The summed E-state index contributed by atoms with van der Waals surface area (Å²) in [6.07, 6.45) is -2.88. The second-order valence-corrected chi connectivity index (χ2v) is 8.42. The van der Waals surface area contributed by atoms with Crippen LogP contribution in [0.25, 0.3) is 4.85 Å². The van der Waals surface area contributed by atoms with Gasteiger partial charge in [0, 0.05) is 48.8 Å². The highest BCUT2D eigenvalue weighted by atomic mass is 19.4. The number of piperidine rings is 1. The lowest BCUT2D eigenvalue weighted by Crippen LogP contribution is -2.42. The fourth-order valence-electron chi connectivity index (χ4n) is 4.84. The van der Waals surface area contributed by atoms with Crippen LogP contribution in [-0.2, 0) is 4.79 Å². The lowest BCUT2D eigenvalue weighted by atomic mass is 9.74. The van der Waals surface area contributed by atoms with Crippen molar-refractivity contribution in [3.63, 3.8) is 0 Å². The monoisotopic (exact) mass is 433 g/mol. The Labute approximate surface area is 177 Å². The molecule has 4 rings (SSSR count). The number of carbonyl (C=O) groups excluding carboxylic acids is 1. The van der Waals surface area contributed by atoms with E-state index < -0.39 is 17.7 Å². The zero-order valence-corrected chi connectivity index (χ0v) is 17.0. The van der Waals surface area contributed by atoms with E-state index in [4.69, 9.17) is 6.57 Å².